The first-order valence-electron chi connectivity index (χ1n) is 9.37. The van der Waals surface area contributed by atoms with E-state index in [2.05, 4.69) is 15.3 Å². The molecule has 2 N–H and O–H groups in total. The molecule has 1 aliphatic heterocycles. The lowest BCUT2D eigenvalue weighted by Crippen LogP contribution is -2.44. The summed E-state index contributed by atoms with van der Waals surface area (Å²) in [5.41, 5.74) is 1.72. The summed E-state index contributed by atoms with van der Waals surface area (Å²) in [4.78, 5) is 19.1. The molecule has 2 heterocycles. The van der Waals surface area contributed by atoms with Crippen LogP contribution in [0.1, 0.15) is 41.0 Å². The minimum absolute atomic E-state index is 0.309. The van der Waals surface area contributed by atoms with Gasteiger partial charge in [-0.2, -0.15) is 0 Å². The fourth-order valence-electron chi connectivity index (χ4n) is 3.76. The first-order valence-corrected chi connectivity index (χ1v) is 9.37. The third-order valence-electron chi connectivity index (χ3n) is 5.46. The van der Waals surface area contributed by atoms with Crippen LogP contribution in [0.3, 0.4) is 0 Å². The van der Waals surface area contributed by atoms with Crippen LogP contribution in [0.5, 0.6) is 0 Å². The highest BCUT2D eigenvalue weighted by molar-refractivity contribution is 5.97. The van der Waals surface area contributed by atoms with Crippen molar-refractivity contribution in [3.8, 4) is 0 Å². The fourth-order valence-corrected chi connectivity index (χ4v) is 3.76. The van der Waals surface area contributed by atoms with E-state index in [0.717, 1.165) is 5.56 Å². The van der Waals surface area contributed by atoms with Crippen LogP contribution in [-0.2, 0) is 10.2 Å². The Kier molecular flexibility index (Phi) is 5.27. The highest BCUT2D eigenvalue weighted by Crippen LogP contribution is 2.34. The van der Waals surface area contributed by atoms with Crippen LogP contribution >= 0.6 is 0 Å². The Labute approximate surface area is 165 Å². The zero-order valence-electron chi connectivity index (χ0n) is 15.6. The third kappa shape index (κ3) is 3.98. The van der Waals surface area contributed by atoms with Gasteiger partial charge in [-0.1, -0.05) is 12.1 Å². The number of alkyl halides is 2. The molecule has 2 aromatic carbocycles. The summed E-state index contributed by atoms with van der Waals surface area (Å²) in [6.07, 6.45) is -1.30. The summed E-state index contributed by atoms with van der Waals surface area (Å²) >= 11 is 0. The molecule has 1 aliphatic rings. The van der Waals surface area contributed by atoms with Crippen LogP contribution < -0.4 is 5.32 Å². The first-order chi connectivity index (χ1) is 14.0. The standard InChI is InChI=1S/C21H20F3N3O2/c22-15-4-2-14(3-5-15)21(7-9-29-10-8-21)12-25-20(28)13-1-6-16-17(11-13)27-19(26-16)18(23)24/h1-6,11,18H,7-10,12H2,(H,25,28)(H,26,27). The lowest BCUT2D eigenvalue weighted by atomic mass is 9.74. The number of nitrogens with zero attached hydrogens (tertiary/aromatic N) is 1. The minimum atomic E-state index is -2.70. The van der Waals surface area contributed by atoms with Gasteiger partial charge in [0.15, 0.2) is 5.82 Å². The summed E-state index contributed by atoms with van der Waals surface area (Å²) in [5, 5.41) is 2.95. The molecule has 0 spiro atoms. The number of aromatic amines is 1. The molecule has 0 bridgehead atoms. The maximum atomic E-state index is 13.3. The Morgan fingerprint density at radius 1 is 1.17 bits per heavy atom. The zero-order valence-corrected chi connectivity index (χ0v) is 15.6. The van der Waals surface area contributed by atoms with Crippen LogP contribution in [0.2, 0.25) is 0 Å². The number of ether oxygens (including phenoxy) is 1. The number of H-pyrrole nitrogens is 1. The maximum Gasteiger partial charge on any atom is 0.295 e. The van der Waals surface area contributed by atoms with E-state index in [-0.39, 0.29) is 17.1 Å². The van der Waals surface area contributed by atoms with Crippen LogP contribution in [0, 0.1) is 5.82 Å². The number of amides is 1. The van der Waals surface area contributed by atoms with Gasteiger partial charge in [0.25, 0.3) is 12.3 Å². The maximum absolute atomic E-state index is 13.3. The molecule has 5 nitrogen and oxygen atoms in total. The molecule has 1 amide bonds. The molecule has 1 aromatic heterocycles. The normalized spacial score (nSPS) is 16.3. The van der Waals surface area contributed by atoms with Gasteiger partial charge in [0, 0.05) is 30.7 Å². The van der Waals surface area contributed by atoms with Gasteiger partial charge in [0.05, 0.1) is 11.0 Å². The largest absolute Gasteiger partial charge is 0.381 e. The Morgan fingerprint density at radius 3 is 2.59 bits per heavy atom. The molecule has 29 heavy (non-hydrogen) atoms. The second-order valence-electron chi connectivity index (χ2n) is 7.24. The molecule has 8 heteroatoms. The predicted octanol–water partition coefficient (Wildman–Crippen LogP) is 4.12. The fraction of sp³-hybridized carbons (Fsp3) is 0.333. The molecular weight excluding hydrogens is 383 g/mol. The van der Waals surface area contributed by atoms with E-state index in [9.17, 15) is 18.0 Å². The number of hydrogen-bond acceptors (Lipinski definition) is 3. The van der Waals surface area contributed by atoms with E-state index in [1.165, 1.54) is 24.3 Å². The van der Waals surface area contributed by atoms with Crippen LogP contribution in [-0.4, -0.2) is 35.6 Å². The summed E-state index contributed by atoms with van der Waals surface area (Å²) in [6, 6.07) is 10.9. The molecule has 3 aromatic rings. The van der Waals surface area contributed by atoms with Crippen molar-refractivity contribution < 1.29 is 22.7 Å². The van der Waals surface area contributed by atoms with Crippen molar-refractivity contribution >= 4 is 16.9 Å². The Morgan fingerprint density at radius 2 is 1.90 bits per heavy atom. The van der Waals surface area contributed by atoms with Gasteiger partial charge in [0.1, 0.15) is 5.82 Å². The van der Waals surface area contributed by atoms with Gasteiger partial charge in [0.2, 0.25) is 0 Å². The molecule has 0 radical (unpaired) electrons. The molecule has 0 unspecified atom stereocenters. The highest BCUT2D eigenvalue weighted by atomic mass is 19.3. The van der Waals surface area contributed by atoms with Crippen molar-refractivity contribution in [3.63, 3.8) is 0 Å². The highest BCUT2D eigenvalue weighted by Gasteiger charge is 2.35. The molecule has 1 saturated heterocycles. The number of benzene rings is 2. The molecule has 0 atom stereocenters. The topological polar surface area (TPSA) is 67.0 Å². The molecule has 4 rings (SSSR count). The van der Waals surface area contributed by atoms with Gasteiger partial charge < -0.3 is 15.0 Å². The summed E-state index contributed by atoms with van der Waals surface area (Å²) in [6.45, 7) is 1.48. The van der Waals surface area contributed by atoms with Crippen molar-refractivity contribution in [3.05, 3.63) is 65.2 Å². The third-order valence-corrected chi connectivity index (χ3v) is 5.46. The second-order valence-corrected chi connectivity index (χ2v) is 7.24. The number of carbonyl (C=O) groups excluding carboxylic acids is 1. The lowest BCUT2D eigenvalue weighted by Gasteiger charge is -2.38. The van der Waals surface area contributed by atoms with E-state index in [1.807, 2.05) is 0 Å². The van der Waals surface area contributed by atoms with Gasteiger partial charge in [-0.3, -0.25) is 4.79 Å². The van der Waals surface area contributed by atoms with Crippen LogP contribution in [0.15, 0.2) is 42.5 Å². The number of hydrogen-bond donors (Lipinski definition) is 2. The monoisotopic (exact) mass is 403 g/mol. The van der Waals surface area contributed by atoms with Gasteiger partial charge >= 0.3 is 0 Å². The van der Waals surface area contributed by atoms with Crippen LogP contribution in [0.25, 0.3) is 11.0 Å². The van der Waals surface area contributed by atoms with E-state index >= 15 is 0 Å². The SMILES string of the molecule is O=C(NCC1(c2ccc(F)cc2)CCOCC1)c1ccc2nc(C(F)F)[nH]c2c1. The average molecular weight is 403 g/mol. The van der Waals surface area contributed by atoms with Crippen molar-refractivity contribution in [1.82, 2.24) is 15.3 Å². The van der Waals surface area contributed by atoms with Crippen molar-refractivity contribution in [1.29, 1.82) is 0 Å². The first kappa shape index (κ1) is 19.4. The molecule has 0 aliphatic carbocycles. The Balaban J connectivity index is 1.53. The summed E-state index contributed by atoms with van der Waals surface area (Å²) in [5.74, 6) is -1.04. The number of carbonyl (C=O) groups is 1. The Hall–Kier alpha value is -2.87. The van der Waals surface area contributed by atoms with Gasteiger partial charge in [-0.15, -0.1) is 0 Å². The number of imidazole rings is 1. The van der Waals surface area contributed by atoms with Gasteiger partial charge in [-0.25, -0.2) is 18.2 Å². The van der Waals surface area contributed by atoms with E-state index in [4.69, 9.17) is 4.74 Å². The van der Waals surface area contributed by atoms with E-state index in [1.54, 1.807) is 18.2 Å². The second kappa shape index (κ2) is 7.87. The predicted molar refractivity (Wildman–Crippen MR) is 102 cm³/mol. The number of fused-ring (bicyclic) bond motifs is 1. The smallest absolute Gasteiger partial charge is 0.295 e. The van der Waals surface area contributed by atoms with E-state index in [0.29, 0.717) is 49.2 Å². The van der Waals surface area contributed by atoms with Gasteiger partial charge in [-0.05, 0) is 48.7 Å². The van der Waals surface area contributed by atoms with Crippen molar-refractivity contribution in [2.24, 2.45) is 0 Å². The minimum Gasteiger partial charge on any atom is -0.381 e. The number of rotatable bonds is 5. The lowest BCUT2D eigenvalue weighted by molar-refractivity contribution is 0.0487. The number of aromatic nitrogens is 2. The van der Waals surface area contributed by atoms with E-state index < -0.39 is 12.2 Å². The van der Waals surface area contributed by atoms with Crippen LogP contribution in [0.4, 0.5) is 13.2 Å². The number of halogens is 3. The molecule has 1 fully saturated rings. The summed E-state index contributed by atoms with van der Waals surface area (Å²) in [7, 11) is 0. The quantitative estimate of drug-likeness (QED) is 0.674. The Bertz CT molecular complexity index is 1010. The molecule has 0 saturated carbocycles. The van der Waals surface area contributed by atoms with Crippen molar-refractivity contribution in [2.45, 2.75) is 24.7 Å². The molecular formula is C21H20F3N3O2. The number of nitrogens with one attached hydrogen (secondary N) is 2. The molecule has 152 valence electrons. The summed E-state index contributed by atoms with van der Waals surface area (Å²) < 4.78 is 44.4. The zero-order chi connectivity index (χ0) is 20.4. The van der Waals surface area contributed by atoms with Crippen molar-refractivity contribution in [2.75, 3.05) is 19.8 Å². The average Bonchev–Trinajstić information content (AvgIpc) is 3.17.